The predicted molar refractivity (Wildman–Crippen MR) is 100 cm³/mol. The summed E-state index contributed by atoms with van der Waals surface area (Å²) >= 11 is 6.06. The summed E-state index contributed by atoms with van der Waals surface area (Å²) in [7, 11) is -3.42. The second-order valence-electron chi connectivity index (χ2n) is 6.23. The van der Waals surface area contributed by atoms with E-state index in [1.807, 2.05) is 6.07 Å². The van der Waals surface area contributed by atoms with Crippen molar-refractivity contribution >= 4 is 38.7 Å². The number of aryl methyl sites for hydroxylation is 1. The number of nitrogens with zero attached hydrogens (tertiary/aromatic N) is 1. The van der Waals surface area contributed by atoms with Gasteiger partial charge in [-0.1, -0.05) is 23.7 Å². The lowest BCUT2D eigenvalue weighted by Crippen LogP contribution is -2.37. The van der Waals surface area contributed by atoms with Crippen molar-refractivity contribution in [1.29, 1.82) is 0 Å². The number of amides is 1. The molecular weight excluding hydrogens is 379 g/mol. The van der Waals surface area contributed by atoms with E-state index in [9.17, 15) is 17.6 Å². The largest absolute Gasteiger partial charge is 0.360 e. The summed E-state index contributed by atoms with van der Waals surface area (Å²) in [5, 5.41) is 2.85. The van der Waals surface area contributed by atoms with Crippen molar-refractivity contribution in [3.05, 3.63) is 52.8 Å². The van der Waals surface area contributed by atoms with Gasteiger partial charge >= 0.3 is 0 Å². The van der Waals surface area contributed by atoms with Crippen LogP contribution in [0.1, 0.15) is 12.0 Å². The monoisotopic (exact) mass is 396 g/mol. The highest BCUT2D eigenvalue weighted by atomic mass is 35.5. The molecule has 0 aromatic heterocycles. The van der Waals surface area contributed by atoms with Crippen LogP contribution in [-0.2, 0) is 21.1 Å². The Bertz CT molecular complexity index is 963. The molecule has 0 saturated heterocycles. The third kappa shape index (κ3) is 3.99. The molecule has 1 aliphatic rings. The van der Waals surface area contributed by atoms with E-state index >= 15 is 0 Å². The van der Waals surface area contributed by atoms with Gasteiger partial charge in [-0.3, -0.25) is 4.79 Å². The van der Waals surface area contributed by atoms with E-state index in [0.717, 1.165) is 24.7 Å². The van der Waals surface area contributed by atoms with Crippen LogP contribution in [0, 0.1) is 5.82 Å². The Kier molecular flexibility index (Phi) is 5.20. The lowest BCUT2D eigenvalue weighted by Gasteiger charge is -2.31. The molecule has 1 amide bonds. The molecule has 138 valence electrons. The number of hydrogen-bond acceptors (Lipinski definition) is 4. The van der Waals surface area contributed by atoms with Crippen molar-refractivity contribution in [3.63, 3.8) is 0 Å². The Morgan fingerprint density at radius 2 is 2.08 bits per heavy atom. The van der Waals surface area contributed by atoms with Gasteiger partial charge in [0.1, 0.15) is 5.82 Å². The number of nitrogens with one attached hydrogen (secondary N) is 1. The van der Waals surface area contributed by atoms with Crippen molar-refractivity contribution in [2.75, 3.05) is 29.6 Å². The zero-order chi connectivity index (χ0) is 18.9. The number of fused-ring (bicyclic) bond motifs is 1. The van der Waals surface area contributed by atoms with Crippen LogP contribution in [0.15, 0.2) is 41.3 Å². The Hall–Kier alpha value is -2.12. The first-order valence-corrected chi connectivity index (χ1v) is 10.3. The second kappa shape index (κ2) is 7.25. The number of para-hydroxylation sites is 1. The molecular formula is C18H18ClFN2O3S. The standard InChI is InChI=1S/C18H18ClFN2O3S/c1-26(24,25)13-7-8-14(19)16(10-13)21-17(23)11-22-9-3-5-12-4-2-6-15(20)18(12)22/h2,4,6-8,10H,3,5,9,11H2,1H3,(H,21,23). The molecule has 0 radical (unpaired) electrons. The van der Waals surface area contributed by atoms with Crippen LogP contribution in [0.3, 0.4) is 0 Å². The second-order valence-corrected chi connectivity index (χ2v) is 8.66. The molecule has 26 heavy (non-hydrogen) atoms. The molecule has 0 atom stereocenters. The molecule has 8 heteroatoms. The van der Waals surface area contributed by atoms with Gasteiger partial charge in [0.05, 0.1) is 27.8 Å². The van der Waals surface area contributed by atoms with Crippen molar-refractivity contribution in [2.45, 2.75) is 17.7 Å². The maximum absolute atomic E-state index is 14.2. The number of halogens is 2. The molecule has 0 fully saturated rings. The lowest BCUT2D eigenvalue weighted by atomic mass is 10.0. The number of carbonyl (C=O) groups excluding carboxylic acids is 1. The van der Waals surface area contributed by atoms with Crippen molar-refractivity contribution in [1.82, 2.24) is 0 Å². The van der Waals surface area contributed by atoms with E-state index in [-0.39, 0.29) is 28.0 Å². The minimum Gasteiger partial charge on any atom is -0.360 e. The van der Waals surface area contributed by atoms with E-state index < -0.39 is 15.7 Å². The van der Waals surface area contributed by atoms with Crippen LogP contribution >= 0.6 is 11.6 Å². The SMILES string of the molecule is CS(=O)(=O)c1ccc(Cl)c(NC(=O)CN2CCCc3cccc(F)c32)c1. The van der Waals surface area contributed by atoms with Gasteiger partial charge in [0, 0.05) is 12.8 Å². The van der Waals surface area contributed by atoms with Crippen molar-refractivity contribution < 1.29 is 17.6 Å². The minimum absolute atomic E-state index is 0.0482. The number of rotatable bonds is 4. The van der Waals surface area contributed by atoms with E-state index in [1.54, 1.807) is 11.0 Å². The van der Waals surface area contributed by atoms with Gasteiger partial charge in [0.2, 0.25) is 5.91 Å². The molecule has 0 aliphatic carbocycles. The van der Waals surface area contributed by atoms with E-state index in [1.165, 1.54) is 24.3 Å². The number of anilines is 2. The Labute approximate surface area is 156 Å². The summed E-state index contributed by atoms with van der Waals surface area (Å²) in [5.41, 5.74) is 1.54. The normalized spacial score (nSPS) is 14.0. The van der Waals surface area contributed by atoms with Crippen LogP contribution in [0.25, 0.3) is 0 Å². The first-order chi connectivity index (χ1) is 12.3. The maximum Gasteiger partial charge on any atom is 0.243 e. The average molecular weight is 397 g/mol. The topological polar surface area (TPSA) is 66.5 Å². The fourth-order valence-electron chi connectivity index (χ4n) is 3.04. The quantitative estimate of drug-likeness (QED) is 0.861. The predicted octanol–water partition coefficient (Wildman–Crippen LogP) is 3.27. The van der Waals surface area contributed by atoms with E-state index in [0.29, 0.717) is 12.2 Å². The van der Waals surface area contributed by atoms with E-state index in [4.69, 9.17) is 11.6 Å². The summed E-state index contributed by atoms with van der Waals surface area (Å²) < 4.78 is 37.5. The smallest absolute Gasteiger partial charge is 0.243 e. The summed E-state index contributed by atoms with van der Waals surface area (Å²) in [6.45, 7) is 0.520. The first-order valence-electron chi connectivity index (χ1n) is 8.07. The number of hydrogen-bond donors (Lipinski definition) is 1. The van der Waals surface area contributed by atoms with E-state index in [2.05, 4.69) is 5.32 Å². The van der Waals surface area contributed by atoms with Crippen molar-refractivity contribution in [2.24, 2.45) is 0 Å². The molecule has 1 N–H and O–H groups in total. The van der Waals surface area contributed by atoms with Gasteiger partial charge in [0.15, 0.2) is 9.84 Å². The lowest BCUT2D eigenvalue weighted by molar-refractivity contribution is -0.115. The highest BCUT2D eigenvalue weighted by Crippen LogP contribution is 2.30. The van der Waals surface area contributed by atoms with Crippen LogP contribution in [0.4, 0.5) is 15.8 Å². The van der Waals surface area contributed by atoms with Gasteiger partial charge in [-0.2, -0.15) is 0 Å². The number of benzene rings is 2. The number of carbonyl (C=O) groups is 1. The Balaban J connectivity index is 1.79. The average Bonchev–Trinajstić information content (AvgIpc) is 2.56. The zero-order valence-corrected chi connectivity index (χ0v) is 15.7. The van der Waals surface area contributed by atoms with Crippen LogP contribution < -0.4 is 10.2 Å². The molecule has 2 aromatic carbocycles. The van der Waals surface area contributed by atoms with Gasteiger partial charge in [-0.05, 0) is 42.7 Å². The Morgan fingerprint density at radius 3 is 2.81 bits per heavy atom. The summed E-state index contributed by atoms with van der Waals surface area (Å²) in [4.78, 5) is 14.2. The molecule has 0 bridgehead atoms. The molecule has 0 saturated carbocycles. The highest BCUT2D eigenvalue weighted by Gasteiger charge is 2.22. The highest BCUT2D eigenvalue weighted by molar-refractivity contribution is 7.90. The summed E-state index contributed by atoms with van der Waals surface area (Å²) in [5.74, 6) is -0.749. The van der Waals surface area contributed by atoms with Crippen LogP contribution in [0.5, 0.6) is 0 Å². The zero-order valence-electron chi connectivity index (χ0n) is 14.1. The van der Waals surface area contributed by atoms with Crippen LogP contribution in [-0.4, -0.2) is 33.7 Å². The third-order valence-electron chi connectivity index (χ3n) is 4.24. The van der Waals surface area contributed by atoms with Gasteiger partial charge < -0.3 is 10.2 Å². The van der Waals surface area contributed by atoms with Crippen LogP contribution in [0.2, 0.25) is 5.02 Å². The molecule has 5 nitrogen and oxygen atoms in total. The summed E-state index contributed by atoms with van der Waals surface area (Å²) in [6, 6.07) is 9.01. The molecule has 3 rings (SSSR count). The Morgan fingerprint density at radius 1 is 1.31 bits per heavy atom. The molecule has 2 aromatic rings. The third-order valence-corrected chi connectivity index (χ3v) is 5.68. The molecule has 0 unspecified atom stereocenters. The maximum atomic E-state index is 14.2. The van der Waals surface area contributed by atoms with Gasteiger partial charge in [0.25, 0.3) is 0 Å². The minimum atomic E-state index is -3.42. The van der Waals surface area contributed by atoms with Gasteiger partial charge in [-0.15, -0.1) is 0 Å². The molecule has 0 spiro atoms. The molecule has 1 aliphatic heterocycles. The molecule has 1 heterocycles. The number of sulfone groups is 1. The fourth-order valence-corrected chi connectivity index (χ4v) is 3.85. The van der Waals surface area contributed by atoms with Gasteiger partial charge in [-0.25, -0.2) is 12.8 Å². The summed E-state index contributed by atoms with van der Waals surface area (Å²) in [6.07, 6.45) is 2.68. The van der Waals surface area contributed by atoms with Crippen molar-refractivity contribution in [3.8, 4) is 0 Å². The fraction of sp³-hybridized carbons (Fsp3) is 0.278. The first kappa shape index (κ1) is 18.7.